The second-order valence-corrected chi connectivity index (χ2v) is 9.09. The molecular weight excluding hydrogens is 508 g/mol. The van der Waals surface area contributed by atoms with Crippen LogP contribution in [0.25, 0.3) is 16.8 Å². The number of aromatic nitrogens is 5. The largest absolute Gasteiger partial charge is 0.418 e. The van der Waals surface area contributed by atoms with Gasteiger partial charge in [-0.25, -0.2) is 13.9 Å². The van der Waals surface area contributed by atoms with Gasteiger partial charge in [0.15, 0.2) is 5.82 Å². The third-order valence-electron chi connectivity index (χ3n) is 6.47. The second-order valence-electron chi connectivity index (χ2n) is 9.09. The number of likely N-dealkylation sites (tertiary alicyclic amines) is 1. The van der Waals surface area contributed by atoms with Gasteiger partial charge in [-0.1, -0.05) is 12.1 Å². The summed E-state index contributed by atoms with van der Waals surface area (Å²) in [6.45, 7) is 1.40. The number of carbonyl (C=O) groups is 2. The zero-order chi connectivity index (χ0) is 27.4. The van der Waals surface area contributed by atoms with Crippen molar-refractivity contribution in [2.45, 2.75) is 25.3 Å². The van der Waals surface area contributed by atoms with Crippen LogP contribution in [0.3, 0.4) is 0 Å². The number of hydrogen-bond donors (Lipinski definition) is 2. The minimum absolute atomic E-state index is 0.0478. The Morgan fingerprint density at radius 1 is 1.16 bits per heavy atom. The molecule has 198 valence electrons. The Morgan fingerprint density at radius 2 is 1.92 bits per heavy atom. The number of alkyl halides is 4. The molecule has 1 aromatic carbocycles. The van der Waals surface area contributed by atoms with Crippen LogP contribution in [-0.2, 0) is 13.2 Å². The summed E-state index contributed by atoms with van der Waals surface area (Å²) in [5, 5.41) is 10.5. The molecule has 0 unspecified atom stereocenters. The molecule has 10 nitrogen and oxygen atoms in total. The Kier molecular flexibility index (Phi) is 6.04. The number of anilines is 1. The number of nitrogen functional groups attached to an aromatic ring is 1. The van der Waals surface area contributed by atoms with E-state index in [1.807, 2.05) is 0 Å². The molecule has 0 saturated carbocycles. The molecule has 3 N–H and O–H groups in total. The molecule has 2 atom stereocenters. The number of aryl methyl sites for hydroxylation is 2. The van der Waals surface area contributed by atoms with Crippen molar-refractivity contribution in [2.24, 2.45) is 7.05 Å². The van der Waals surface area contributed by atoms with Crippen LogP contribution in [-0.4, -0.2) is 66.4 Å². The topological polar surface area (TPSA) is 123 Å². The summed E-state index contributed by atoms with van der Waals surface area (Å²) in [6.07, 6.45) is -2.29. The Balaban J connectivity index is 1.42. The maximum Gasteiger partial charge on any atom is 0.418 e. The van der Waals surface area contributed by atoms with Crippen molar-refractivity contribution in [3.8, 4) is 11.3 Å². The standard InChI is InChI=1S/C24H22F4N8O2/c1-12-3-4-13(19-6-16(24(26,27)28)20-21(29)30-11-32-36(19)20)5-15(12)22(37)33-18-10-35(9-17(18)25)23(38)14-7-31-34(2)8-14/h3-8,11,17-18H,9-10H2,1-2H3,(H,33,37)(H2,29,30,32)/t17-,18+/m0/s1. The third-order valence-corrected chi connectivity index (χ3v) is 6.47. The van der Waals surface area contributed by atoms with Crippen LogP contribution >= 0.6 is 0 Å². The summed E-state index contributed by atoms with van der Waals surface area (Å²) in [7, 11) is 1.65. The zero-order valence-electron chi connectivity index (χ0n) is 20.2. The summed E-state index contributed by atoms with van der Waals surface area (Å²) >= 11 is 0. The van der Waals surface area contributed by atoms with Crippen LogP contribution in [0, 0.1) is 6.92 Å². The molecule has 1 aliphatic rings. The van der Waals surface area contributed by atoms with E-state index in [0.29, 0.717) is 11.1 Å². The first-order chi connectivity index (χ1) is 17.9. The van der Waals surface area contributed by atoms with Gasteiger partial charge in [-0.15, -0.1) is 0 Å². The lowest BCUT2D eigenvalue weighted by atomic mass is 10.0. The van der Waals surface area contributed by atoms with E-state index in [1.54, 1.807) is 26.1 Å². The molecule has 3 aromatic heterocycles. The SMILES string of the molecule is Cc1ccc(-c2cc(C(F)(F)F)c3c(N)ncnn23)cc1C(=O)N[C@@H]1CN(C(=O)c2cnn(C)c2)C[C@@H]1F. The fraction of sp³-hybridized carbons (Fsp3) is 0.292. The Bertz CT molecular complexity index is 1560. The number of rotatable bonds is 4. The van der Waals surface area contributed by atoms with Gasteiger partial charge in [0.25, 0.3) is 11.8 Å². The maximum absolute atomic E-state index is 14.8. The Labute approximate surface area is 213 Å². The van der Waals surface area contributed by atoms with Crippen LogP contribution in [0.1, 0.15) is 31.8 Å². The summed E-state index contributed by atoms with van der Waals surface area (Å²) < 4.78 is 58.4. The van der Waals surface area contributed by atoms with Gasteiger partial charge < -0.3 is 16.0 Å². The lowest BCUT2D eigenvalue weighted by Crippen LogP contribution is -2.42. The van der Waals surface area contributed by atoms with Gasteiger partial charge in [0.1, 0.15) is 18.0 Å². The molecule has 4 aromatic rings. The summed E-state index contributed by atoms with van der Waals surface area (Å²) in [5.41, 5.74) is 5.58. The van der Waals surface area contributed by atoms with Crippen LogP contribution in [0.15, 0.2) is 43.0 Å². The Hall–Kier alpha value is -4.49. The quantitative estimate of drug-likeness (QED) is 0.391. The maximum atomic E-state index is 14.8. The van der Waals surface area contributed by atoms with Crippen molar-refractivity contribution in [1.82, 2.24) is 34.6 Å². The highest BCUT2D eigenvalue weighted by Gasteiger charge is 2.38. The minimum atomic E-state index is -4.72. The van der Waals surface area contributed by atoms with Crippen molar-refractivity contribution in [2.75, 3.05) is 18.8 Å². The molecule has 5 rings (SSSR count). The van der Waals surface area contributed by atoms with Crippen LogP contribution < -0.4 is 11.1 Å². The van der Waals surface area contributed by atoms with E-state index in [9.17, 15) is 27.2 Å². The zero-order valence-corrected chi connectivity index (χ0v) is 20.2. The van der Waals surface area contributed by atoms with Gasteiger partial charge in [-0.3, -0.25) is 14.3 Å². The molecule has 14 heteroatoms. The number of amides is 2. The van der Waals surface area contributed by atoms with Gasteiger partial charge in [-0.05, 0) is 24.6 Å². The fourth-order valence-electron chi connectivity index (χ4n) is 4.54. The van der Waals surface area contributed by atoms with E-state index < -0.39 is 41.3 Å². The molecule has 38 heavy (non-hydrogen) atoms. The second kappa shape index (κ2) is 9.11. The average Bonchev–Trinajstić information content (AvgIpc) is 3.56. The highest BCUT2D eigenvalue weighted by molar-refractivity contribution is 5.98. The molecule has 4 heterocycles. The first kappa shape index (κ1) is 25.2. The monoisotopic (exact) mass is 530 g/mol. The van der Waals surface area contributed by atoms with Crippen molar-refractivity contribution >= 4 is 23.1 Å². The molecule has 0 bridgehead atoms. The first-order valence-electron chi connectivity index (χ1n) is 11.5. The highest BCUT2D eigenvalue weighted by Crippen LogP contribution is 2.38. The molecule has 1 fully saturated rings. The van der Waals surface area contributed by atoms with Crippen molar-refractivity contribution < 1.29 is 27.2 Å². The van der Waals surface area contributed by atoms with Crippen molar-refractivity contribution in [3.63, 3.8) is 0 Å². The van der Waals surface area contributed by atoms with E-state index in [-0.39, 0.29) is 35.7 Å². The van der Waals surface area contributed by atoms with Gasteiger partial charge in [0.2, 0.25) is 0 Å². The number of nitrogens with one attached hydrogen (secondary N) is 1. The molecular formula is C24H22F4N8O2. The smallest absolute Gasteiger partial charge is 0.382 e. The number of benzene rings is 1. The number of carbonyl (C=O) groups excluding carboxylic acids is 2. The van der Waals surface area contributed by atoms with E-state index in [0.717, 1.165) is 16.9 Å². The van der Waals surface area contributed by atoms with Gasteiger partial charge in [0, 0.05) is 30.9 Å². The molecule has 0 radical (unpaired) electrons. The van der Waals surface area contributed by atoms with Gasteiger partial charge in [0.05, 0.1) is 35.6 Å². The number of halogens is 4. The first-order valence-corrected chi connectivity index (χ1v) is 11.5. The van der Waals surface area contributed by atoms with Crippen molar-refractivity contribution in [1.29, 1.82) is 0 Å². The van der Waals surface area contributed by atoms with Crippen LogP contribution in [0.2, 0.25) is 0 Å². The van der Waals surface area contributed by atoms with Gasteiger partial charge >= 0.3 is 6.18 Å². The number of nitrogens with zero attached hydrogens (tertiary/aromatic N) is 6. The predicted molar refractivity (Wildman–Crippen MR) is 128 cm³/mol. The lowest BCUT2D eigenvalue weighted by molar-refractivity contribution is -0.136. The molecule has 1 aliphatic heterocycles. The van der Waals surface area contributed by atoms with Crippen molar-refractivity contribution in [3.05, 3.63) is 65.2 Å². The molecule has 2 amide bonds. The number of fused-ring (bicyclic) bond motifs is 1. The van der Waals surface area contributed by atoms with Crippen LogP contribution in [0.5, 0.6) is 0 Å². The van der Waals surface area contributed by atoms with E-state index in [2.05, 4.69) is 20.5 Å². The van der Waals surface area contributed by atoms with Crippen LogP contribution in [0.4, 0.5) is 23.4 Å². The van der Waals surface area contributed by atoms with E-state index in [4.69, 9.17) is 5.73 Å². The number of nitrogens with two attached hydrogens (primary N) is 1. The molecule has 0 spiro atoms. The van der Waals surface area contributed by atoms with E-state index in [1.165, 1.54) is 28.0 Å². The fourth-order valence-corrected chi connectivity index (χ4v) is 4.54. The summed E-state index contributed by atoms with van der Waals surface area (Å²) in [6, 6.07) is 4.45. The lowest BCUT2D eigenvalue weighted by Gasteiger charge is -2.17. The summed E-state index contributed by atoms with van der Waals surface area (Å²) in [4.78, 5) is 30.8. The minimum Gasteiger partial charge on any atom is -0.382 e. The van der Waals surface area contributed by atoms with Gasteiger partial charge in [-0.2, -0.15) is 23.4 Å². The number of hydrogen-bond acceptors (Lipinski definition) is 6. The molecule has 1 saturated heterocycles. The average molecular weight is 530 g/mol. The highest BCUT2D eigenvalue weighted by atomic mass is 19.4. The summed E-state index contributed by atoms with van der Waals surface area (Å²) in [5.74, 6) is -1.37. The molecule has 0 aliphatic carbocycles. The normalized spacial score (nSPS) is 17.8. The third kappa shape index (κ3) is 4.41. The Morgan fingerprint density at radius 3 is 2.61 bits per heavy atom. The van der Waals surface area contributed by atoms with E-state index >= 15 is 0 Å². The predicted octanol–water partition coefficient (Wildman–Crippen LogP) is 2.63.